The summed E-state index contributed by atoms with van der Waals surface area (Å²) in [7, 11) is 0. The molecule has 4 heteroatoms. The molecule has 25 heavy (non-hydrogen) atoms. The summed E-state index contributed by atoms with van der Waals surface area (Å²) < 4.78 is 0. The monoisotopic (exact) mass is 336 g/mol. The lowest BCUT2D eigenvalue weighted by molar-refractivity contribution is 0.0952. The van der Waals surface area contributed by atoms with Gasteiger partial charge in [0, 0.05) is 11.6 Å². The van der Waals surface area contributed by atoms with Crippen molar-refractivity contribution in [2.75, 3.05) is 5.32 Å². The SMILES string of the molecule is CC(C)(C)c1ccc(C(=O)Nc2ccccc2C(=O)NC2CC2)cc1. The van der Waals surface area contributed by atoms with E-state index in [0.29, 0.717) is 16.8 Å². The zero-order chi connectivity index (χ0) is 18.0. The van der Waals surface area contributed by atoms with Gasteiger partial charge in [-0.25, -0.2) is 0 Å². The van der Waals surface area contributed by atoms with Gasteiger partial charge in [-0.3, -0.25) is 9.59 Å². The average Bonchev–Trinajstić information content (AvgIpc) is 3.38. The molecule has 0 saturated heterocycles. The minimum absolute atomic E-state index is 0.0442. The topological polar surface area (TPSA) is 58.2 Å². The van der Waals surface area contributed by atoms with Crippen molar-refractivity contribution in [2.45, 2.75) is 45.1 Å². The Kier molecular flexibility index (Phi) is 4.62. The summed E-state index contributed by atoms with van der Waals surface area (Å²) >= 11 is 0. The number of nitrogens with one attached hydrogen (secondary N) is 2. The number of amides is 2. The quantitative estimate of drug-likeness (QED) is 0.882. The predicted octanol–water partition coefficient (Wildman–Crippen LogP) is 4.13. The van der Waals surface area contributed by atoms with Crippen molar-refractivity contribution in [3.63, 3.8) is 0 Å². The van der Waals surface area contributed by atoms with Crippen LogP contribution in [0, 0.1) is 0 Å². The van der Waals surface area contributed by atoms with Crippen molar-refractivity contribution in [1.82, 2.24) is 5.32 Å². The molecule has 1 saturated carbocycles. The molecule has 3 rings (SSSR count). The van der Waals surface area contributed by atoms with Crippen LogP contribution in [0.5, 0.6) is 0 Å². The van der Waals surface area contributed by atoms with Gasteiger partial charge in [-0.15, -0.1) is 0 Å². The van der Waals surface area contributed by atoms with E-state index in [-0.39, 0.29) is 23.3 Å². The fraction of sp³-hybridized carbons (Fsp3) is 0.333. The number of anilines is 1. The lowest BCUT2D eigenvalue weighted by Gasteiger charge is -2.19. The number of hydrogen-bond donors (Lipinski definition) is 2. The van der Waals surface area contributed by atoms with Crippen LogP contribution in [0.15, 0.2) is 48.5 Å². The maximum atomic E-state index is 12.5. The van der Waals surface area contributed by atoms with E-state index >= 15 is 0 Å². The van der Waals surface area contributed by atoms with Crippen molar-refractivity contribution in [3.8, 4) is 0 Å². The molecule has 0 unspecified atom stereocenters. The average molecular weight is 336 g/mol. The Bertz CT molecular complexity index is 784. The van der Waals surface area contributed by atoms with Crippen LogP contribution in [0.4, 0.5) is 5.69 Å². The maximum absolute atomic E-state index is 12.5. The number of benzene rings is 2. The van der Waals surface area contributed by atoms with E-state index in [4.69, 9.17) is 0 Å². The van der Waals surface area contributed by atoms with Crippen LogP contribution in [0.2, 0.25) is 0 Å². The Hall–Kier alpha value is -2.62. The molecule has 0 radical (unpaired) electrons. The molecule has 0 aromatic heterocycles. The van der Waals surface area contributed by atoms with Gasteiger partial charge in [0.05, 0.1) is 11.3 Å². The molecular weight excluding hydrogens is 312 g/mol. The van der Waals surface area contributed by atoms with Gasteiger partial charge in [0.25, 0.3) is 11.8 Å². The van der Waals surface area contributed by atoms with Crippen LogP contribution < -0.4 is 10.6 Å². The number of para-hydroxylation sites is 1. The molecule has 1 aliphatic carbocycles. The van der Waals surface area contributed by atoms with Crippen molar-refractivity contribution in [3.05, 3.63) is 65.2 Å². The first-order valence-electron chi connectivity index (χ1n) is 8.66. The molecule has 2 N–H and O–H groups in total. The first-order chi connectivity index (χ1) is 11.8. The fourth-order valence-electron chi connectivity index (χ4n) is 2.60. The van der Waals surface area contributed by atoms with Gasteiger partial charge >= 0.3 is 0 Å². The molecule has 0 aliphatic heterocycles. The first-order valence-corrected chi connectivity index (χ1v) is 8.66. The van der Waals surface area contributed by atoms with Crippen molar-refractivity contribution < 1.29 is 9.59 Å². The van der Waals surface area contributed by atoms with Gasteiger partial charge in [-0.1, -0.05) is 45.0 Å². The van der Waals surface area contributed by atoms with E-state index in [1.54, 1.807) is 18.2 Å². The summed E-state index contributed by atoms with van der Waals surface area (Å²) in [6, 6.07) is 15.0. The minimum Gasteiger partial charge on any atom is -0.349 e. The summed E-state index contributed by atoms with van der Waals surface area (Å²) in [4.78, 5) is 24.9. The highest BCUT2D eigenvalue weighted by atomic mass is 16.2. The fourth-order valence-corrected chi connectivity index (χ4v) is 2.60. The molecule has 0 spiro atoms. The molecule has 4 nitrogen and oxygen atoms in total. The third kappa shape index (κ3) is 4.27. The highest BCUT2D eigenvalue weighted by molar-refractivity contribution is 6.09. The Labute approximate surface area is 148 Å². The van der Waals surface area contributed by atoms with Crippen molar-refractivity contribution >= 4 is 17.5 Å². The third-order valence-electron chi connectivity index (χ3n) is 4.35. The standard InChI is InChI=1S/C21H24N2O2/c1-21(2,3)15-10-8-14(9-11-15)19(24)23-18-7-5-4-6-17(18)20(25)22-16-12-13-16/h4-11,16H,12-13H2,1-3H3,(H,22,25)(H,23,24). The van der Waals surface area contributed by atoms with Gasteiger partial charge in [0.15, 0.2) is 0 Å². The number of carbonyl (C=O) groups excluding carboxylic acids is 2. The summed E-state index contributed by atoms with van der Waals surface area (Å²) in [6.07, 6.45) is 2.06. The lowest BCUT2D eigenvalue weighted by atomic mass is 9.86. The van der Waals surface area contributed by atoms with E-state index in [1.165, 1.54) is 5.56 Å². The Morgan fingerprint density at radius 1 is 0.920 bits per heavy atom. The Balaban J connectivity index is 1.75. The molecule has 1 aliphatic rings. The molecule has 130 valence electrons. The number of hydrogen-bond acceptors (Lipinski definition) is 2. The second-order valence-electron chi connectivity index (χ2n) is 7.57. The van der Waals surface area contributed by atoms with E-state index in [2.05, 4.69) is 31.4 Å². The van der Waals surface area contributed by atoms with Crippen LogP contribution >= 0.6 is 0 Å². The second kappa shape index (κ2) is 6.71. The zero-order valence-corrected chi connectivity index (χ0v) is 14.9. The number of carbonyl (C=O) groups is 2. The summed E-state index contributed by atoms with van der Waals surface area (Å²) in [5, 5.41) is 5.82. The lowest BCUT2D eigenvalue weighted by Crippen LogP contribution is -2.27. The van der Waals surface area contributed by atoms with Crippen molar-refractivity contribution in [1.29, 1.82) is 0 Å². The van der Waals surface area contributed by atoms with Gasteiger partial charge in [-0.2, -0.15) is 0 Å². The van der Waals surface area contributed by atoms with E-state index < -0.39 is 0 Å². The van der Waals surface area contributed by atoms with Crippen LogP contribution in [0.1, 0.15) is 59.9 Å². The van der Waals surface area contributed by atoms with Gasteiger partial charge < -0.3 is 10.6 Å². The summed E-state index contributed by atoms with van der Waals surface area (Å²) in [6.45, 7) is 6.41. The summed E-state index contributed by atoms with van der Waals surface area (Å²) in [5.41, 5.74) is 2.82. The second-order valence-corrected chi connectivity index (χ2v) is 7.57. The van der Waals surface area contributed by atoms with E-state index in [9.17, 15) is 9.59 Å². The largest absolute Gasteiger partial charge is 0.349 e. The maximum Gasteiger partial charge on any atom is 0.255 e. The molecule has 0 bridgehead atoms. The normalized spacial score (nSPS) is 14.0. The van der Waals surface area contributed by atoms with E-state index in [0.717, 1.165) is 12.8 Å². The molecule has 2 aromatic rings. The molecule has 2 aromatic carbocycles. The molecule has 1 fully saturated rings. The van der Waals surface area contributed by atoms with Gasteiger partial charge in [-0.05, 0) is 48.1 Å². The minimum atomic E-state index is -0.216. The van der Waals surface area contributed by atoms with Crippen LogP contribution in [-0.4, -0.2) is 17.9 Å². The highest BCUT2D eigenvalue weighted by Crippen LogP contribution is 2.24. The smallest absolute Gasteiger partial charge is 0.255 e. The Morgan fingerprint density at radius 3 is 2.16 bits per heavy atom. The highest BCUT2D eigenvalue weighted by Gasteiger charge is 2.25. The third-order valence-corrected chi connectivity index (χ3v) is 4.35. The predicted molar refractivity (Wildman–Crippen MR) is 100 cm³/mol. The van der Waals surface area contributed by atoms with Crippen molar-refractivity contribution in [2.24, 2.45) is 0 Å². The Morgan fingerprint density at radius 2 is 1.56 bits per heavy atom. The first kappa shape index (κ1) is 17.2. The van der Waals surface area contributed by atoms with Crippen LogP contribution in [0.3, 0.4) is 0 Å². The van der Waals surface area contributed by atoms with Gasteiger partial charge in [0.1, 0.15) is 0 Å². The van der Waals surface area contributed by atoms with Crippen LogP contribution in [-0.2, 0) is 5.41 Å². The summed E-state index contributed by atoms with van der Waals surface area (Å²) in [5.74, 6) is -0.353. The number of rotatable bonds is 4. The molecule has 2 amide bonds. The molecule has 0 heterocycles. The molecule has 0 atom stereocenters. The van der Waals surface area contributed by atoms with Crippen LogP contribution in [0.25, 0.3) is 0 Å². The zero-order valence-electron chi connectivity index (χ0n) is 14.9. The van der Waals surface area contributed by atoms with E-state index in [1.807, 2.05) is 30.3 Å². The molecular formula is C21H24N2O2. The van der Waals surface area contributed by atoms with Gasteiger partial charge in [0.2, 0.25) is 0 Å².